The summed E-state index contributed by atoms with van der Waals surface area (Å²) in [7, 11) is 0. The first-order chi connectivity index (χ1) is 17.1. The number of benzene rings is 3. The van der Waals surface area contributed by atoms with E-state index in [1.54, 1.807) is 0 Å². The average Bonchev–Trinajstić information content (AvgIpc) is 2.85. The van der Waals surface area contributed by atoms with E-state index in [0.717, 1.165) is 98.0 Å². The van der Waals surface area contributed by atoms with Gasteiger partial charge in [-0.15, -0.1) is 0 Å². The predicted molar refractivity (Wildman–Crippen MR) is 148 cm³/mol. The number of phenols is 1. The second-order valence-corrected chi connectivity index (χ2v) is 9.37. The molecule has 5 nitrogen and oxygen atoms in total. The van der Waals surface area contributed by atoms with Crippen LogP contribution in [0.3, 0.4) is 0 Å². The Hall–Kier alpha value is -2.50. The number of hydrogen-bond donors (Lipinski definition) is 1. The minimum Gasteiger partial charge on any atom is -0.507 e. The highest BCUT2D eigenvalue weighted by atomic mass is 16.5. The predicted octanol–water partition coefficient (Wildman–Crippen LogP) is 6.70. The minimum absolute atomic E-state index is 0.269. The van der Waals surface area contributed by atoms with Gasteiger partial charge in [-0.05, 0) is 104 Å². The summed E-state index contributed by atoms with van der Waals surface area (Å²) in [6.45, 7) is 16.4. The first-order valence-electron chi connectivity index (χ1n) is 13.5. The highest BCUT2D eigenvalue weighted by Gasteiger charge is 2.10. The lowest BCUT2D eigenvalue weighted by Gasteiger charge is -2.21. The van der Waals surface area contributed by atoms with Crippen LogP contribution in [0.4, 0.5) is 0 Å². The van der Waals surface area contributed by atoms with Gasteiger partial charge in [0.05, 0.1) is 0 Å². The quantitative estimate of drug-likeness (QED) is 0.231. The van der Waals surface area contributed by atoms with Crippen LogP contribution in [0, 0.1) is 0 Å². The molecule has 35 heavy (non-hydrogen) atoms. The summed E-state index contributed by atoms with van der Waals surface area (Å²) >= 11 is 0. The van der Waals surface area contributed by atoms with Crippen molar-refractivity contribution >= 4 is 21.5 Å². The lowest BCUT2D eigenvalue weighted by Crippen LogP contribution is -2.30. The second-order valence-electron chi connectivity index (χ2n) is 9.37. The fraction of sp³-hybridized carbons (Fsp3) is 0.533. The molecule has 0 heterocycles. The van der Waals surface area contributed by atoms with Crippen LogP contribution in [0.1, 0.15) is 53.4 Å². The van der Waals surface area contributed by atoms with Crippen LogP contribution in [-0.4, -0.2) is 67.4 Å². The Balaban J connectivity index is 1.68. The Morgan fingerprint density at radius 2 is 1.06 bits per heavy atom. The van der Waals surface area contributed by atoms with Crippen molar-refractivity contribution in [2.45, 2.75) is 53.4 Å². The van der Waals surface area contributed by atoms with Gasteiger partial charge in [0.15, 0.2) is 0 Å². The van der Waals surface area contributed by atoms with Gasteiger partial charge < -0.3 is 14.6 Å². The van der Waals surface area contributed by atoms with E-state index in [-0.39, 0.29) is 5.75 Å². The Morgan fingerprint density at radius 3 is 1.57 bits per heavy atom. The van der Waals surface area contributed by atoms with Crippen LogP contribution in [-0.2, 0) is 0 Å². The van der Waals surface area contributed by atoms with Crippen molar-refractivity contribution in [3.05, 3.63) is 42.5 Å². The topological polar surface area (TPSA) is 45.2 Å². The molecule has 0 aromatic heterocycles. The summed E-state index contributed by atoms with van der Waals surface area (Å²) in [5, 5.41) is 14.7. The van der Waals surface area contributed by atoms with E-state index in [9.17, 15) is 5.11 Å². The van der Waals surface area contributed by atoms with Gasteiger partial charge in [-0.3, -0.25) is 9.80 Å². The van der Waals surface area contributed by atoms with E-state index in [2.05, 4.69) is 49.6 Å². The fourth-order valence-electron chi connectivity index (χ4n) is 4.80. The van der Waals surface area contributed by atoms with Crippen molar-refractivity contribution in [3.8, 4) is 17.2 Å². The Kier molecular flexibility index (Phi) is 11.0. The van der Waals surface area contributed by atoms with Crippen LogP contribution in [0.25, 0.3) is 21.5 Å². The zero-order valence-electron chi connectivity index (χ0n) is 22.2. The maximum atomic E-state index is 10.8. The van der Waals surface area contributed by atoms with Gasteiger partial charge in [-0.2, -0.15) is 0 Å². The van der Waals surface area contributed by atoms with E-state index in [1.165, 1.54) is 0 Å². The molecule has 3 aromatic rings. The molecule has 3 rings (SSSR count). The number of hydrogen-bond acceptors (Lipinski definition) is 5. The van der Waals surface area contributed by atoms with Gasteiger partial charge in [-0.25, -0.2) is 0 Å². The summed E-state index contributed by atoms with van der Waals surface area (Å²) in [4.78, 5) is 4.89. The van der Waals surface area contributed by atoms with Crippen molar-refractivity contribution in [1.29, 1.82) is 0 Å². The molecule has 0 atom stereocenters. The Bertz CT molecular complexity index is 1040. The number of nitrogens with zero attached hydrogens (tertiary/aromatic N) is 2. The summed E-state index contributed by atoms with van der Waals surface area (Å²) < 4.78 is 12.1. The summed E-state index contributed by atoms with van der Waals surface area (Å²) in [6, 6.07) is 14.0. The van der Waals surface area contributed by atoms with E-state index < -0.39 is 0 Å². The normalized spacial score (nSPS) is 11.7. The third kappa shape index (κ3) is 7.74. The zero-order chi connectivity index (χ0) is 25.0. The molecule has 192 valence electrons. The average molecular weight is 481 g/mol. The van der Waals surface area contributed by atoms with Crippen molar-refractivity contribution in [2.24, 2.45) is 0 Å². The maximum Gasteiger partial charge on any atom is 0.124 e. The highest BCUT2D eigenvalue weighted by Crippen LogP contribution is 2.36. The fourth-order valence-corrected chi connectivity index (χ4v) is 4.80. The smallest absolute Gasteiger partial charge is 0.124 e. The maximum absolute atomic E-state index is 10.8. The molecule has 0 spiro atoms. The summed E-state index contributed by atoms with van der Waals surface area (Å²) in [5.74, 6) is 1.90. The number of phenolic OH excluding ortho intramolecular Hbond substituents is 1. The van der Waals surface area contributed by atoms with Crippen LogP contribution < -0.4 is 9.47 Å². The molecule has 0 saturated heterocycles. The number of fused-ring (bicyclic) bond motifs is 3. The molecule has 0 aliphatic heterocycles. The highest BCUT2D eigenvalue weighted by molar-refractivity contribution is 6.10. The largest absolute Gasteiger partial charge is 0.507 e. The van der Waals surface area contributed by atoms with Crippen molar-refractivity contribution in [1.82, 2.24) is 9.80 Å². The van der Waals surface area contributed by atoms with Gasteiger partial charge >= 0.3 is 0 Å². The molecule has 3 aromatic carbocycles. The van der Waals surface area contributed by atoms with E-state index in [4.69, 9.17) is 9.47 Å². The van der Waals surface area contributed by atoms with Crippen molar-refractivity contribution in [3.63, 3.8) is 0 Å². The van der Waals surface area contributed by atoms with Gasteiger partial charge in [-0.1, -0.05) is 33.8 Å². The monoisotopic (exact) mass is 480 g/mol. The molecule has 0 unspecified atom stereocenters. The molecule has 0 aliphatic rings. The lowest BCUT2D eigenvalue weighted by molar-refractivity contribution is 0.209. The molecule has 0 saturated carbocycles. The molecule has 0 radical (unpaired) electrons. The Labute approximate surface area is 211 Å². The summed E-state index contributed by atoms with van der Waals surface area (Å²) in [5.41, 5.74) is 0. The lowest BCUT2D eigenvalue weighted by atomic mass is 10.0. The molecule has 0 aliphatic carbocycles. The van der Waals surface area contributed by atoms with Gasteiger partial charge in [0.1, 0.15) is 30.5 Å². The molecular formula is C30H44N2O3. The third-order valence-corrected chi connectivity index (χ3v) is 6.38. The molecule has 0 amide bonds. The van der Waals surface area contributed by atoms with Gasteiger partial charge in [0, 0.05) is 18.5 Å². The third-order valence-electron chi connectivity index (χ3n) is 6.38. The van der Waals surface area contributed by atoms with Crippen molar-refractivity contribution < 1.29 is 14.6 Å². The van der Waals surface area contributed by atoms with Crippen LogP contribution in [0.5, 0.6) is 17.2 Å². The first-order valence-corrected chi connectivity index (χ1v) is 13.5. The van der Waals surface area contributed by atoms with Crippen LogP contribution >= 0.6 is 0 Å². The standard InChI is InChI=1S/C30H44N2O3/c1-5-13-31(14-6-2)17-19-34-25-9-11-27-24(21-25)22-30(33)29-23-26(10-12-28(27)29)35-20-18-32(15-7-3)16-8-4/h9-12,21-23,33H,5-8,13-20H2,1-4H3. The molecule has 5 heteroatoms. The number of aromatic hydroxyl groups is 1. The number of ether oxygens (including phenoxy) is 2. The van der Waals surface area contributed by atoms with E-state index >= 15 is 0 Å². The molecule has 1 N–H and O–H groups in total. The van der Waals surface area contributed by atoms with E-state index in [0.29, 0.717) is 13.2 Å². The first kappa shape index (κ1) is 27.1. The van der Waals surface area contributed by atoms with Gasteiger partial charge in [0.25, 0.3) is 0 Å². The van der Waals surface area contributed by atoms with Crippen molar-refractivity contribution in [2.75, 3.05) is 52.5 Å². The van der Waals surface area contributed by atoms with E-state index in [1.807, 2.05) is 30.3 Å². The minimum atomic E-state index is 0.269. The number of rotatable bonds is 16. The van der Waals surface area contributed by atoms with Crippen LogP contribution in [0.15, 0.2) is 42.5 Å². The molecular weight excluding hydrogens is 436 g/mol. The molecule has 0 bridgehead atoms. The zero-order valence-corrected chi connectivity index (χ0v) is 22.2. The van der Waals surface area contributed by atoms with Gasteiger partial charge in [0.2, 0.25) is 0 Å². The molecule has 0 fully saturated rings. The Morgan fingerprint density at radius 1 is 0.571 bits per heavy atom. The summed E-state index contributed by atoms with van der Waals surface area (Å²) in [6.07, 6.45) is 4.62. The second kappa shape index (κ2) is 14.2. The SMILES string of the molecule is CCCN(CCC)CCOc1ccc2c(c1)cc(O)c1cc(OCCN(CCC)CCC)ccc12. The van der Waals surface area contributed by atoms with Crippen LogP contribution in [0.2, 0.25) is 0 Å².